The molecule has 2 heterocycles. The fraction of sp³-hybridized carbons (Fsp3) is 0.385. The van der Waals surface area contributed by atoms with Crippen LogP contribution in [0.25, 0.3) is 10.9 Å². The monoisotopic (exact) mass is 481 g/mol. The first kappa shape index (κ1) is 23.1. The molecule has 2 aliphatic rings. The number of aliphatic hydroxyl groups excluding tert-OH is 1. The minimum absolute atomic E-state index is 0.0444. The van der Waals surface area contributed by atoms with Gasteiger partial charge in [0.2, 0.25) is 5.91 Å². The van der Waals surface area contributed by atoms with Crippen molar-refractivity contribution in [2.24, 2.45) is 0 Å². The highest BCUT2D eigenvalue weighted by Crippen LogP contribution is 2.52. The molecule has 0 atom stereocenters. The zero-order valence-electron chi connectivity index (χ0n) is 19.6. The molecule has 0 saturated heterocycles. The van der Waals surface area contributed by atoms with Crippen LogP contribution in [0.4, 0.5) is 14.5 Å². The fourth-order valence-electron chi connectivity index (χ4n) is 4.73. The van der Waals surface area contributed by atoms with Crippen molar-refractivity contribution in [3.05, 3.63) is 53.2 Å². The maximum Gasteiger partial charge on any atom is 0.586 e. The van der Waals surface area contributed by atoms with Crippen LogP contribution in [-0.4, -0.2) is 28.5 Å². The lowest BCUT2D eigenvalue weighted by Crippen LogP contribution is -2.28. The standard InChI is InChI=1S/C26H25F2N3O4/c1-24(2,3)22-12-15-10-18(16(14-29)11-19(15)31(22)8-9-32)30-23(33)25(6-7-25)17-4-5-20-21(13-17)35-26(27,28)34-20/h4-5,10-13,32H,6-9H2,1-3H3,(H,30,33). The molecule has 5 rings (SSSR count). The summed E-state index contributed by atoms with van der Waals surface area (Å²) in [4.78, 5) is 13.4. The molecule has 35 heavy (non-hydrogen) atoms. The Morgan fingerprint density at radius 3 is 2.51 bits per heavy atom. The van der Waals surface area contributed by atoms with Crippen molar-refractivity contribution in [1.29, 1.82) is 5.26 Å². The average molecular weight is 481 g/mol. The van der Waals surface area contributed by atoms with Gasteiger partial charge in [-0.15, -0.1) is 8.78 Å². The number of aliphatic hydroxyl groups is 1. The van der Waals surface area contributed by atoms with Crippen molar-refractivity contribution in [2.45, 2.75) is 57.3 Å². The van der Waals surface area contributed by atoms with E-state index in [2.05, 4.69) is 41.6 Å². The maximum absolute atomic E-state index is 13.4. The number of anilines is 1. The first-order valence-electron chi connectivity index (χ1n) is 11.4. The number of halogens is 2. The zero-order valence-corrected chi connectivity index (χ0v) is 19.6. The smallest absolute Gasteiger partial charge is 0.395 e. The normalized spacial score (nSPS) is 17.3. The van der Waals surface area contributed by atoms with E-state index in [0.29, 0.717) is 36.2 Å². The number of nitriles is 1. The molecule has 0 unspecified atom stereocenters. The summed E-state index contributed by atoms with van der Waals surface area (Å²) in [5.74, 6) is -0.496. The lowest BCUT2D eigenvalue weighted by atomic mass is 9.92. The lowest BCUT2D eigenvalue weighted by molar-refractivity contribution is -0.286. The van der Waals surface area contributed by atoms with Gasteiger partial charge in [0.15, 0.2) is 11.5 Å². The molecule has 0 spiro atoms. The van der Waals surface area contributed by atoms with E-state index in [4.69, 9.17) is 0 Å². The summed E-state index contributed by atoms with van der Waals surface area (Å²) in [6, 6.07) is 12.0. The fourth-order valence-corrected chi connectivity index (χ4v) is 4.73. The molecule has 7 nitrogen and oxygen atoms in total. The highest BCUT2D eigenvalue weighted by Gasteiger charge is 2.53. The quantitative estimate of drug-likeness (QED) is 0.546. The molecule has 2 N–H and O–H groups in total. The van der Waals surface area contributed by atoms with Crippen molar-refractivity contribution in [3.63, 3.8) is 0 Å². The minimum atomic E-state index is -3.73. The number of nitrogens with zero attached hydrogens (tertiary/aromatic N) is 2. The van der Waals surface area contributed by atoms with E-state index >= 15 is 0 Å². The Labute approximate surface area is 200 Å². The number of amides is 1. The topological polar surface area (TPSA) is 96.5 Å². The molecule has 9 heteroatoms. The van der Waals surface area contributed by atoms with Crippen molar-refractivity contribution >= 4 is 22.5 Å². The van der Waals surface area contributed by atoms with E-state index in [1.165, 1.54) is 12.1 Å². The number of nitrogens with one attached hydrogen (secondary N) is 1. The van der Waals surface area contributed by atoms with Gasteiger partial charge < -0.3 is 24.5 Å². The number of carbonyl (C=O) groups is 1. The van der Waals surface area contributed by atoms with Crippen molar-refractivity contribution in [1.82, 2.24) is 4.57 Å². The van der Waals surface area contributed by atoms with Gasteiger partial charge in [-0.25, -0.2) is 0 Å². The summed E-state index contributed by atoms with van der Waals surface area (Å²) in [5, 5.41) is 23.1. The predicted octanol–water partition coefficient (Wildman–Crippen LogP) is 4.79. The number of hydrogen-bond acceptors (Lipinski definition) is 5. The molecule has 1 aliphatic heterocycles. The van der Waals surface area contributed by atoms with Crippen LogP contribution < -0.4 is 14.8 Å². The third kappa shape index (κ3) is 3.88. The van der Waals surface area contributed by atoms with E-state index in [1.807, 2.05) is 10.6 Å². The molecule has 2 aromatic carbocycles. The third-order valence-corrected chi connectivity index (χ3v) is 6.64. The second-order valence-electron chi connectivity index (χ2n) is 10.1. The SMILES string of the molecule is CC(C)(C)c1cc2cc(NC(=O)C3(c4ccc5c(c4)OC(F)(F)O5)CC3)c(C#N)cc2n1CCO. The molecule has 1 aliphatic carbocycles. The van der Waals surface area contributed by atoms with E-state index in [-0.39, 0.29) is 29.4 Å². The maximum atomic E-state index is 13.4. The second kappa shape index (κ2) is 7.68. The predicted molar refractivity (Wildman–Crippen MR) is 125 cm³/mol. The Bertz CT molecular complexity index is 1390. The number of rotatable bonds is 5. The van der Waals surface area contributed by atoms with Gasteiger partial charge >= 0.3 is 6.29 Å². The lowest BCUT2D eigenvalue weighted by Gasteiger charge is -2.21. The third-order valence-electron chi connectivity index (χ3n) is 6.64. The highest BCUT2D eigenvalue weighted by molar-refractivity contribution is 6.04. The molecule has 0 bridgehead atoms. The molecule has 1 fully saturated rings. The number of benzene rings is 2. The molecule has 182 valence electrons. The molecule has 0 radical (unpaired) electrons. The van der Waals surface area contributed by atoms with Crippen LogP contribution >= 0.6 is 0 Å². The first-order chi connectivity index (χ1) is 16.5. The summed E-state index contributed by atoms with van der Waals surface area (Å²) < 4.78 is 37.8. The highest BCUT2D eigenvalue weighted by atomic mass is 19.3. The number of ether oxygens (including phenoxy) is 2. The Morgan fingerprint density at radius 1 is 1.17 bits per heavy atom. The van der Waals surface area contributed by atoms with Crippen molar-refractivity contribution in [2.75, 3.05) is 11.9 Å². The van der Waals surface area contributed by atoms with Crippen LogP contribution in [-0.2, 0) is 22.2 Å². The van der Waals surface area contributed by atoms with Gasteiger partial charge in [0.1, 0.15) is 6.07 Å². The van der Waals surface area contributed by atoms with Crippen LogP contribution in [0.1, 0.15) is 50.4 Å². The van der Waals surface area contributed by atoms with Gasteiger partial charge in [-0.05, 0) is 48.7 Å². The summed E-state index contributed by atoms with van der Waals surface area (Å²) >= 11 is 0. The van der Waals surface area contributed by atoms with Crippen LogP contribution in [0.15, 0.2) is 36.4 Å². The number of hydrogen-bond donors (Lipinski definition) is 2. The number of carbonyl (C=O) groups excluding carboxylic acids is 1. The second-order valence-corrected chi connectivity index (χ2v) is 10.1. The first-order valence-corrected chi connectivity index (χ1v) is 11.4. The average Bonchev–Trinajstić information content (AvgIpc) is 3.42. The molecular weight excluding hydrogens is 456 g/mol. The molecule has 1 aromatic heterocycles. The van der Waals surface area contributed by atoms with Crippen LogP contribution in [0.5, 0.6) is 11.5 Å². The summed E-state index contributed by atoms with van der Waals surface area (Å²) in [7, 11) is 0. The Hall–Kier alpha value is -3.64. The van der Waals surface area contributed by atoms with E-state index in [0.717, 1.165) is 16.6 Å². The number of fused-ring (bicyclic) bond motifs is 2. The summed E-state index contributed by atoms with van der Waals surface area (Å²) in [6.45, 7) is 6.55. The van der Waals surface area contributed by atoms with Gasteiger partial charge in [-0.2, -0.15) is 5.26 Å². The minimum Gasteiger partial charge on any atom is -0.395 e. The van der Waals surface area contributed by atoms with Gasteiger partial charge in [0.25, 0.3) is 0 Å². The van der Waals surface area contributed by atoms with Crippen molar-refractivity contribution in [3.8, 4) is 17.6 Å². The van der Waals surface area contributed by atoms with E-state index < -0.39 is 11.7 Å². The molecule has 1 amide bonds. The number of aromatic nitrogens is 1. The van der Waals surface area contributed by atoms with Crippen LogP contribution in [0.3, 0.4) is 0 Å². The summed E-state index contributed by atoms with van der Waals surface area (Å²) in [5.41, 5.74) is 1.95. The molecular formula is C26H25F2N3O4. The van der Waals surface area contributed by atoms with E-state index in [1.54, 1.807) is 18.2 Å². The van der Waals surface area contributed by atoms with Crippen molar-refractivity contribution < 1.29 is 28.2 Å². The zero-order chi connectivity index (χ0) is 25.2. The molecule has 3 aromatic rings. The van der Waals surface area contributed by atoms with E-state index in [9.17, 15) is 23.9 Å². The van der Waals surface area contributed by atoms with Gasteiger partial charge in [-0.3, -0.25) is 4.79 Å². The van der Waals surface area contributed by atoms with Gasteiger partial charge in [0.05, 0.1) is 23.3 Å². The van der Waals surface area contributed by atoms with Crippen LogP contribution in [0.2, 0.25) is 0 Å². The Kier molecular flexibility index (Phi) is 5.08. The Morgan fingerprint density at radius 2 is 1.89 bits per heavy atom. The largest absolute Gasteiger partial charge is 0.586 e. The summed E-state index contributed by atoms with van der Waals surface area (Å²) in [6.07, 6.45) is -2.64. The van der Waals surface area contributed by atoms with Crippen LogP contribution in [0, 0.1) is 11.3 Å². The van der Waals surface area contributed by atoms with Gasteiger partial charge in [-0.1, -0.05) is 26.8 Å². The number of alkyl halides is 2. The molecule has 1 saturated carbocycles. The van der Waals surface area contributed by atoms with Gasteiger partial charge in [0, 0.05) is 28.6 Å². The Balaban J connectivity index is 1.49.